The first-order chi connectivity index (χ1) is 10.3. The normalized spacial score (nSPS) is 11.5. The van der Waals surface area contributed by atoms with Gasteiger partial charge < -0.3 is 9.73 Å². The van der Waals surface area contributed by atoms with Gasteiger partial charge in [-0.2, -0.15) is 13.2 Å². The zero-order valence-electron chi connectivity index (χ0n) is 12.1. The second-order valence-electron chi connectivity index (χ2n) is 4.90. The summed E-state index contributed by atoms with van der Waals surface area (Å²) in [6.07, 6.45) is -4.55. The number of amides is 1. The van der Waals surface area contributed by atoms with Crippen LogP contribution in [-0.4, -0.2) is 10.9 Å². The van der Waals surface area contributed by atoms with E-state index in [9.17, 15) is 18.0 Å². The Labute approximate surface area is 125 Å². The van der Waals surface area contributed by atoms with Crippen molar-refractivity contribution in [2.45, 2.75) is 33.0 Å². The van der Waals surface area contributed by atoms with Crippen molar-refractivity contribution >= 4 is 5.91 Å². The number of hydrogen-bond donors (Lipinski definition) is 1. The van der Waals surface area contributed by atoms with Crippen molar-refractivity contribution in [2.75, 3.05) is 0 Å². The summed E-state index contributed by atoms with van der Waals surface area (Å²) >= 11 is 0. The van der Waals surface area contributed by atoms with Gasteiger partial charge in [-0.25, -0.2) is 4.98 Å². The molecule has 0 atom stereocenters. The van der Waals surface area contributed by atoms with Crippen LogP contribution in [0.3, 0.4) is 0 Å². The Morgan fingerprint density at radius 3 is 2.64 bits per heavy atom. The highest BCUT2D eigenvalue weighted by molar-refractivity contribution is 5.78. The van der Waals surface area contributed by atoms with E-state index >= 15 is 0 Å². The number of nitrogens with zero attached hydrogens (tertiary/aromatic N) is 1. The summed E-state index contributed by atoms with van der Waals surface area (Å²) in [6, 6.07) is 4.71. The minimum absolute atomic E-state index is 0.104. The Morgan fingerprint density at radius 2 is 2.05 bits per heavy atom. The summed E-state index contributed by atoms with van der Waals surface area (Å²) in [6.45, 7) is 3.65. The number of rotatable bonds is 4. The van der Waals surface area contributed by atoms with Gasteiger partial charge in [0.25, 0.3) is 0 Å². The first-order valence-electron chi connectivity index (χ1n) is 6.61. The average molecular weight is 312 g/mol. The van der Waals surface area contributed by atoms with Crippen molar-refractivity contribution in [3.05, 3.63) is 52.7 Å². The summed E-state index contributed by atoms with van der Waals surface area (Å²) in [7, 11) is 0. The summed E-state index contributed by atoms with van der Waals surface area (Å²) < 4.78 is 43.1. The monoisotopic (exact) mass is 312 g/mol. The second kappa shape index (κ2) is 6.21. The molecule has 1 aromatic carbocycles. The summed E-state index contributed by atoms with van der Waals surface area (Å²) in [5.74, 6) is 0.641. The molecule has 0 fully saturated rings. The molecule has 0 bridgehead atoms. The van der Waals surface area contributed by atoms with Gasteiger partial charge in [0, 0.05) is 0 Å². The molecule has 0 aliphatic carbocycles. The van der Waals surface area contributed by atoms with E-state index in [0.717, 1.165) is 17.8 Å². The van der Waals surface area contributed by atoms with Crippen LogP contribution in [-0.2, 0) is 23.9 Å². The van der Waals surface area contributed by atoms with Gasteiger partial charge in [-0.1, -0.05) is 18.2 Å². The quantitative estimate of drug-likeness (QED) is 0.943. The molecule has 0 spiro atoms. The smallest absolute Gasteiger partial charge is 0.416 e. The van der Waals surface area contributed by atoms with Gasteiger partial charge in [-0.3, -0.25) is 4.79 Å². The molecule has 0 unspecified atom stereocenters. The number of benzene rings is 1. The fourth-order valence-electron chi connectivity index (χ4n) is 1.89. The first-order valence-corrected chi connectivity index (χ1v) is 6.61. The summed E-state index contributed by atoms with van der Waals surface area (Å²) in [5.41, 5.74) is 0.269. The van der Waals surface area contributed by atoms with Gasteiger partial charge in [0.2, 0.25) is 11.8 Å². The molecule has 0 saturated carbocycles. The van der Waals surface area contributed by atoms with Crippen LogP contribution >= 0.6 is 0 Å². The zero-order valence-corrected chi connectivity index (χ0v) is 12.1. The molecule has 1 aromatic heterocycles. The number of hydrogen-bond acceptors (Lipinski definition) is 3. The van der Waals surface area contributed by atoms with Crippen LogP contribution in [0.1, 0.15) is 28.5 Å². The molecule has 1 heterocycles. The minimum atomic E-state index is -4.42. The number of aryl methyl sites for hydroxylation is 2. The van der Waals surface area contributed by atoms with E-state index < -0.39 is 17.6 Å². The lowest BCUT2D eigenvalue weighted by molar-refractivity contribution is -0.137. The van der Waals surface area contributed by atoms with E-state index in [2.05, 4.69) is 10.3 Å². The van der Waals surface area contributed by atoms with Crippen molar-refractivity contribution in [1.29, 1.82) is 0 Å². The Morgan fingerprint density at radius 1 is 1.32 bits per heavy atom. The highest BCUT2D eigenvalue weighted by Gasteiger charge is 2.30. The van der Waals surface area contributed by atoms with Crippen LogP contribution in [0.25, 0.3) is 0 Å². The van der Waals surface area contributed by atoms with Crippen LogP contribution < -0.4 is 5.32 Å². The Balaban J connectivity index is 1.94. The van der Waals surface area contributed by atoms with Gasteiger partial charge in [0.15, 0.2) is 0 Å². The fourth-order valence-corrected chi connectivity index (χ4v) is 1.89. The molecule has 0 radical (unpaired) electrons. The predicted octanol–water partition coefficient (Wildman–Crippen LogP) is 3.17. The Bertz CT molecular complexity index is 658. The molecule has 118 valence electrons. The number of nitrogens with one attached hydrogen (secondary N) is 1. The van der Waals surface area contributed by atoms with Crippen molar-refractivity contribution in [2.24, 2.45) is 0 Å². The third kappa shape index (κ3) is 4.09. The number of carbonyl (C=O) groups is 1. The van der Waals surface area contributed by atoms with Crippen LogP contribution in [0.4, 0.5) is 13.2 Å². The van der Waals surface area contributed by atoms with E-state index in [0.29, 0.717) is 17.2 Å². The van der Waals surface area contributed by atoms with Crippen molar-refractivity contribution in [3.63, 3.8) is 0 Å². The maximum Gasteiger partial charge on any atom is 0.416 e. The Hall–Kier alpha value is -2.31. The standard InChI is InChI=1S/C15H15F3N2O2/c1-9-10(2)22-14(20-9)8-19-13(21)7-11-4-3-5-12(6-11)15(16,17)18/h3-6H,7-8H2,1-2H3,(H,19,21). The molecule has 22 heavy (non-hydrogen) atoms. The molecular formula is C15H15F3N2O2. The van der Waals surface area contributed by atoms with E-state index in [4.69, 9.17) is 4.42 Å². The molecule has 2 aromatic rings. The summed E-state index contributed by atoms with van der Waals surface area (Å²) in [5, 5.41) is 2.57. The van der Waals surface area contributed by atoms with E-state index in [1.807, 2.05) is 0 Å². The topological polar surface area (TPSA) is 55.1 Å². The van der Waals surface area contributed by atoms with Crippen LogP contribution in [0.15, 0.2) is 28.7 Å². The number of oxazole rings is 1. The van der Waals surface area contributed by atoms with Gasteiger partial charge in [0.05, 0.1) is 24.2 Å². The third-order valence-electron chi connectivity index (χ3n) is 3.13. The lowest BCUT2D eigenvalue weighted by Gasteiger charge is -2.08. The number of carbonyl (C=O) groups excluding carboxylic acids is 1. The van der Waals surface area contributed by atoms with Crippen molar-refractivity contribution in [3.8, 4) is 0 Å². The second-order valence-corrected chi connectivity index (χ2v) is 4.90. The predicted molar refractivity (Wildman–Crippen MR) is 73.0 cm³/mol. The van der Waals surface area contributed by atoms with Gasteiger partial charge in [-0.05, 0) is 25.5 Å². The SMILES string of the molecule is Cc1nc(CNC(=O)Cc2cccc(C(F)(F)F)c2)oc1C. The zero-order chi connectivity index (χ0) is 16.3. The molecule has 4 nitrogen and oxygen atoms in total. The van der Waals surface area contributed by atoms with Gasteiger partial charge in [0.1, 0.15) is 5.76 Å². The fraction of sp³-hybridized carbons (Fsp3) is 0.333. The minimum Gasteiger partial charge on any atom is -0.444 e. The van der Waals surface area contributed by atoms with Crippen LogP contribution in [0.5, 0.6) is 0 Å². The van der Waals surface area contributed by atoms with Crippen molar-refractivity contribution < 1.29 is 22.4 Å². The number of halogens is 3. The average Bonchev–Trinajstić information content (AvgIpc) is 2.75. The third-order valence-corrected chi connectivity index (χ3v) is 3.13. The highest BCUT2D eigenvalue weighted by atomic mass is 19.4. The van der Waals surface area contributed by atoms with E-state index in [1.54, 1.807) is 13.8 Å². The molecule has 2 rings (SSSR count). The first kappa shape index (κ1) is 16.1. The summed E-state index contributed by atoms with van der Waals surface area (Å²) in [4.78, 5) is 15.9. The molecule has 0 aliphatic heterocycles. The van der Waals surface area contributed by atoms with E-state index in [1.165, 1.54) is 12.1 Å². The lowest BCUT2D eigenvalue weighted by Crippen LogP contribution is -2.24. The van der Waals surface area contributed by atoms with Gasteiger partial charge >= 0.3 is 6.18 Å². The Kier molecular flexibility index (Phi) is 4.54. The molecule has 0 saturated heterocycles. The number of aromatic nitrogens is 1. The maximum atomic E-state index is 12.6. The highest BCUT2D eigenvalue weighted by Crippen LogP contribution is 2.29. The molecular weight excluding hydrogens is 297 g/mol. The van der Waals surface area contributed by atoms with E-state index in [-0.39, 0.29) is 13.0 Å². The molecule has 0 aliphatic rings. The van der Waals surface area contributed by atoms with Crippen LogP contribution in [0, 0.1) is 13.8 Å². The number of alkyl halides is 3. The molecule has 7 heteroatoms. The molecule has 1 N–H and O–H groups in total. The van der Waals surface area contributed by atoms with Crippen LogP contribution in [0.2, 0.25) is 0 Å². The molecule has 1 amide bonds. The lowest BCUT2D eigenvalue weighted by atomic mass is 10.1. The maximum absolute atomic E-state index is 12.6. The largest absolute Gasteiger partial charge is 0.444 e. The van der Waals surface area contributed by atoms with Crippen molar-refractivity contribution in [1.82, 2.24) is 10.3 Å². The van der Waals surface area contributed by atoms with Gasteiger partial charge in [-0.15, -0.1) is 0 Å².